The minimum Gasteiger partial charge on any atom is -0.388 e. The topological polar surface area (TPSA) is 69.6 Å². The van der Waals surface area contributed by atoms with Crippen molar-refractivity contribution >= 4 is 27.7 Å². The molecule has 0 spiro atoms. The Hall–Kier alpha value is -1.40. The fourth-order valence-electron chi connectivity index (χ4n) is 2.13. The van der Waals surface area contributed by atoms with E-state index in [1.165, 1.54) is 0 Å². The van der Waals surface area contributed by atoms with Crippen LogP contribution in [0.4, 0.5) is 0 Å². The summed E-state index contributed by atoms with van der Waals surface area (Å²) in [4.78, 5) is 25.3. The second-order valence-corrected chi connectivity index (χ2v) is 6.17. The maximum absolute atomic E-state index is 11.9. The van der Waals surface area contributed by atoms with E-state index >= 15 is 0 Å². The minimum atomic E-state index is -0.814. The van der Waals surface area contributed by atoms with Gasteiger partial charge in [0.2, 0.25) is 5.91 Å². The van der Waals surface area contributed by atoms with Gasteiger partial charge in [0.05, 0.1) is 12.1 Å². The van der Waals surface area contributed by atoms with Crippen LogP contribution in [-0.4, -0.2) is 47.1 Å². The largest absolute Gasteiger partial charge is 0.388 e. The van der Waals surface area contributed by atoms with Gasteiger partial charge in [-0.2, -0.15) is 0 Å². The molecule has 0 aliphatic carbocycles. The molecular weight excluding hydrogens is 324 g/mol. The van der Waals surface area contributed by atoms with Gasteiger partial charge in [0.25, 0.3) is 5.91 Å². The molecule has 0 radical (unpaired) electrons. The summed E-state index contributed by atoms with van der Waals surface area (Å²) in [6.45, 7) is 2.51. The average molecular weight is 341 g/mol. The number of carbonyl (C=O) groups is 2. The van der Waals surface area contributed by atoms with Crippen LogP contribution >= 0.6 is 15.9 Å². The number of benzene rings is 1. The number of hydrogen-bond donors (Lipinski definition) is 2. The molecule has 0 saturated carbocycles. The van der Waals surface area contributed by atoms with Crippen LogP contribution in [-0.2, 0) is 4.79 Å². The number of aliphatic hydroxyl groups is 1. The predicted octanol–water partition coefficient (Wildman–Crippen LogP) is 1.16. The van der Waals surface area contributed by atoms with E-state index < -0.39 is 5.60 Å². The van der Waals surface area contributed by atoms with Gasteiger partial charge in [0, 0.05) is 23.1 Å². The lowest BCUT2D eigenvalue weighted by molar-refractivity contribution is -0.129. The van der Waals surface area contributed by atoms with E-state index in [-0.39, 0.29) is 18.4 Å². The number of nitrogens with one attached hydrogen (secondary N) is 1. The molecule has 1 atom stereocenters. The van der Waals surface area contributed by atoms with Crippen LogP contribution in [0.5, 0.6) is 0 Å². The fraction of sp³-hybridized carbons (Fsp3) is 0.429. The Kier molecular flexibility index (Phi) is 4.45. The molecule has 5 nitrogen and oxygen atoms in total. The van der Waals surface area contributed by atoms with E-state index in [4.69, 9.17) is 0 Å². The summed E-state index contributed by atoms with van der Waals surface area (Å²) in [6, 6.07) is 6.91. The molecular formula is C14H17BrN2O3. The normalized spacial score (nSPS) is 21.9. The fourth-order valence-corrected chi connectivity index (χ4v) is 2.39. The minimum absolute atomic E-state index is 0.0506. The van der Waals surface area contributed by atoms with Crippen molar-refractivity contribution in [2.24, 2.45) is 0 Å². The lowest BCUT2D eigenvalue weighted by Gasteiger charge is -2.19. The number of rotatable bonds is 3. The lowest BCUT2D eigenvalue weighted by Crippen LogP contribution is -2.40. The first-order valence-corrected chi connectivity index (χ1v) is 7.21. The molecule has 0 aromatic heterocycles. The summed E-state index contributed by atoms with van der Waals surface area (Å²) in [6.07, 6.45) is 0.569. The van der Waals surface area contributed by atoms with Gasteiger partial charge in [-0.1, -0.05) is 15.9 Å². The van der Waals surface area contributed by atoms with Gasteiger partial charge >= 0.3 is 0 Å². The molecule has 1 unspecified atom stereocenters. The van der Waals surface area contributed by atoms with E-state index in [9.17, 15) is 14.7 Å². The molecule has 0 bridgehead atoms. The highest BCUT2D eigenvalue weighted by molar-refractivity contribution is 9.10. The Morgan fingerprint density at radius 3 is 2.60 bits per heavy atom. The van der Waals surface area contributed by atoms with Crippen molar-refractivity contribution in [3.8, 4) is 0 Å². The summed E-state index contributed by atoms with van der Waals surface area (Å²) in [5.41, 5.74) is -0.305. The predicted molar refractivity (Wildman–Crippen MR) is 78.3 cm³/mol. The first-order valence-electron chi connectivity index (χ1n) is 6.41. The Bertz CT molecular complexity index is 514. The number of halogens is 1. The molecule has 1 saturated heterocycles. The first kappa shape index (κ1) is 15.0. The number of β-amino-alcohol motifs (C(OH)–C–C–N with tert-alkyl or cyclic N) is 1. The van der Waals surface area contributed by atoms with E-state index in [0.717, 1.165) is 4.47 Å². The van der Waals surface area contributed by atoms with E-state index in [1.807, 2.05) is 0 Å². The highest BCUT2D eigenvalue weighted by Gasteiger charge is 2.33. The second kappa shape index (κ2) is 5.93. The van der Waals surface area contributed by atoms with Crippen molar-refractivity contribution < 1.29 is 14.7 Å². The summed E-state index contributed by atoms with van der Waals surface area (Å²) >= 11 is 3.30. The van der Waals surface area contributed by atoms with Crippen LogP contribution in [0.2, 0.25) is 0 Å². The van der Waals surface area contributed by atoms with Crippen LogP contribution in [0.25, 0.3) is 0 Å². The van der Waals surface area contributed by atoms with Gasteiger partial charge in [0.15, 0.2) is 0 Å². The van der Waals surface area contributed by atoms with Crippen LogP contribution < -0.4 is 5.32 Å². The zero-order valence-corrected chi connectivity index (χ0v) is 12.8. The molecule has 1 aromatic rings. The standard InChI is InChI=1S/C14H17BrN2O3/c1-14(20)6-7-17(9-14)12(18)8-16-13(19)10-2-4-11(15)5-3-10/h2-5,20H,6-9H2,1H3,(H,16,19). The van der Waals surface area contributed by atoms with E-state index in [0.29, 0.717) is 25.1 Å². The third-order valence-corrected chi connectivity index (χ3v) is 3.84. The van der Waals surface area contributed by atoms with E-state index in [1.54, 1.807) is 36.1 Å². The molecule has 20 heavy (non-hydrogen) atoms. The van der Waals surface area contributed by atoms with E-state index in [2.05, 4.69) is 21.2 Å². The third kappa shape index (κ3) is 3.80. The molecule has 1 heterocycles. The Morgan fingerprint density at radius 1 is 1.40 bits per heavy atom. The Balaban J connectivity index is 1.84. The van der Waals surface area contributed by atoms with Crippen molar-refractivity contribution in [2.75, 3.05) is 19.6 Å². The zero-order valence-electron chi connectivity index (χ0n) is 11.2. The van der Waals surface area contributed by atoms with Crippen molar-refractivity contribution in [1.82, 2.24) is 10.2 Å². The van der Waals surface area contributed by atoms with Crippen molar-refractivity contribution in [3.63, 3.8) is 0 Å². The molecule has 2 rings (SSSR count). The first-order chi connectivity index (χ1) is 9.37. The zero-order chi connectivity index (χ0) is 14.8. The number of amides is 2. The molecule has 1 aromatic carbocycles. The number of carbonyl (C=O) groups excluding carboxylic acids is 2. The van der Waals surface area contributed by atoms with Gasteiger partial charge in [-0.05, 0) is 37.6 Å². The molecule has 6 heteroatoms. The van der Waals surface area contributed by atoms with Gasteiger partial charge in [-0.3, -0.25) is 9.59 Å². The second-order valence-electron chi connectivity index (χ2n) is 5.25. The van der Waals surface area contributed by atoms with Gasteiger partial charge in [-0.25, -0.2) is 0 Å². The van der Waals surface area contributed by atoms with Crippen LogP contribution in [0.1, 0.15) is 23.7 Å². The monoisotopic (exact) mass is 340 g/mol. The molecule has 1 fully saturated rings. The highest BCUT2D eigenvalue weighted by Crippen LogP contribution is 2.19. The SMILES string of the molecule is CC1(O)CCN(C(=O)CNC(=O)c2ccc(Br)cc2)C1. The van der Waals surface area contributed by atoms with Crippen LogP contribution in [0.15, 0.2) is 28.7 Å². The van der Waals surface area contributed by atoms with Gasteiger partial charge < -0.3 is 15.3 Å². The molecule has 1 aliphatic heterocycles. The maximum atomic E-state index is 11.9. The number of likely N-dealkylation sites (tertiary alicyclic amines) is 1. The van der Waals surface area contributed by atoms with Gasteiger partial charge in [-0.15, -0.1) is 0 Å². The average Bonchev–Trinajstić information content (AvgIpc) is 2.77. The summed E-state index contributed by atoms with van der Waals surface area (Å²) in [5.74, 6) is -0.454. The molecule has 108 valence electrons. The van der Waals surface area contributed by atoms with Crippen molar-refractivity contribution in [1.29, 1.82) is 0 Å². The summed E-state index contributed by atoms with van der Waals surface area (Å²) in [7, 11) is 0. The van der Waals surface area contributed by atoms with Crippen LogP contribution in [0, 0.1) is 0 Å². The molecule has 2 amide bonds. The molecule has 2 N–H and O–H groups in total. The third-order valence-electron chi connectivity index (χ3n) is 3.31. The quantitative estimate of drug-likeness (QED) is 0.867. The Morgan fingerprint density at radius 2 is 2.05 bits per heavy atom. The lowest BCUT2D eigenvalue weighted by atomic mass is 10.1. The Labute approximate surface area is 126 Å². The smallest absolute Gasteiger partial charge is 0.251 e. The highest BCUT2D eigenvalue weighted by atomic mass is 79.9. The number of hydrogen-bond acceptors (Lipinski definition) is 3. The number of nitrogens with zero attached hydrogens (tertiary/aromatic N) is 1. The molecule has 1 aliphatic rings. The summed E-state index contributed by atoms with van der Waals surface area (Å²) < 4.78 is 0.893. The van der Waals surface area contributed by atoms with Crippen LogP contribution in [0.3, 0.4) is 0 Å². The van der Waals surface area contributed by atoms with Crippen molar-refractivity contribution in [3.05, 3.63) is 34.3 Å². The summed E-state index contributed by atoms with van der Waals surface area (Å²) in [5, 5.41) is 12.4. The van der Waals surface area contributed by atoms with Crippen molar-refractivity contribution in [2.45, 2.75) is 18.9 Å². The van der Waals surface area contributed by atoms with Gasteiger partial charge in [0.1, 0.15) is 0 Å². The maximum Gasteiger partial charge on any atom is 0.251 e.